The normalized spacial score (nSPS) is 15.6. The molecule has 2 aromatic rings. The highest BCUT2D eigenvalue weighted by Crippen LogP contribution is 2.15. The lowest BCUT2D eigenvalue weighted by molar-refractivity contribution is -0.00834. The summed E-state index contributed by atoms with van der Waals surface area (Å²) in [4.78, 5) is 6.85. The first kappa shape index (κ1) is 23.3. The molecule has 0 radical (unpaired) electrons. The molecule has 6 heteroatoms. The van der Waals surface area contributed by atoms with Crippen LogP contribution >= 0.6 is 0 Å². The van der Waals surface area contributed by atoms with Gasteiger partial charge in [0.05, 0.1) is 26.4 Å². The third-order valence-corrected chi connectivity index (χ3v) is 5.61. The lowest BCUT2D eigenvalue weighted by Crippen LogP contribution is -2.56. The number of nitrogens with one attached hydrogen (secondary N) is 2. The van der Waals surface area contributed by atoms with Gasteiger partial charge in [-0.3, -0.25) is 9.89 Å². The molecule has 2 N–H and O–H groups in total. The SMILES string of the molecule is CN=C(NCc1cccc(COCc2ccccc2)c1)NCC(C)(C)N1CCOCC1. The maximum atomic E-state index is 5.87. The molecule has 0 amide bonds. The summed E-state index contributed by atoms with van der Waals surface area (Å²) in [5, 5.41) is 6.90. The van der Waals surface area contributed by atoms with Crippen LogP contribution in [0.2, 0.25) is 0 Å². The van der Waals surface area contributed by atoms with Crippen molar-refractivity contribution in [2.75, 3.05) is 39.9 Å². The Hall–Kier alpha value is -2.41. The molecule has 0 unspecified atom stereocenters. The molecule has 0 aliphatic carbocycles. The monoisotopic (exact) mass is 424 g/mol. The average Bonchev–Trinajstić information content (AvgIpc) is 2.81. The zero-order valence-corrected chi connectivity index (χ0v) is 19.1. The van der Waals surface area contributed by atoms with E-state index in [2.05, 4.69) is 70.8 Å². The Bertz CT molecular complexity index is 817. The second-order valence-electron chi connectivity index (χ2n) is 8.49. The number of hydrogen-bond donors (Lipinski definition) is 2. The summed E-state index contributed by atoms with van der Waals surface area (Å²) in [5.41, 5.74) is 3.61. The highest BCUT2D eigenvalue weighted by atomic mass is 16.5. The minimum atomic E-state index is 0.0391. The molecule has 1 aliphatic rings. The van der Waals surface area contributed by atoms with Gasteiger partial charge in [-0.05, 0) is 30.5 Å². The van der Waals surface area contributed by atoms with E-state index >= 15 is 0 Å². The van der Waals surface area contributed by atoms with E-state index in [-0.39, 0.29) is 5.54 Å². The van der Waals surface area contributed by atoms with E-state index in [1.807, 2.05) is 25.2 Å². The number of morpholine rings is 1. The van der Waals surface area contributed by atoms with E-state index in [1.165, 1.54) is 16.7 Å². The summed E-state index contributed by atoms with van der Waals surface area (Å²) in [7, 11) is 1.81. The van der Waals surface area contributed by atoms with Gasteiger partial charge in [0.1, 0.15) is 0 Å². The van der Waals surface area contributed by atoms with Gasteiger partial charge in [0, 0.05) is 38.8 Å². The Kier molecular flexibility index (Phi) is 8.88. The van der Waals surface area contributed by atoms with Crippen molar-refractivity contribution in [2.45, 2.75) is 39.1 Å². The zero-order valence-electron chi connectivity index (χ0n) is 19.1. The van der Waals surface area contributed by atoms with Crippen LogP contribution in [0.15, 0.2) is 59.6 Å². The standard InChI is InChI=1S/C25H36N4O2/c1-25(2,29-12-14-30-15-13-29)20-28-24(26-3)27-17-22-10-7-11-23(16-22)19-31-18-21-8-5-4-6-9-21/h4-11,16H,12-15,17-20H2,1-3H3,(H2,26,27,28). The number of guanidine groups is 1. The van der Waals surface area contributed by atoms with Gasteiger partial charge in [0.25, 0.3) is 0 Å². The first-order chi connectivity index (χ1) is 15.1. The molecule has 1 heterocycles. The van der Waals surface area contributed by atoms with Gasteiger partial charge >= 0.3 is 0 Å². The van der Waals surface area contributed by atoms with Gasteiger partial charge in [-0.25, -0.2) is 0 Å². The van der Waals surface area contributed by atoms with E-state index in [0.29, 0.717) is 19.8 Å². The lowest BCUT2D eigenvalue weighted by Gasteiger charge is -2.41. The highest BCUT2D eigenvalue weighted by molar-refractivity contribution is 5.79. The van der Waals surface area contributed by atoms with E-state index < -0.39 is 0 Å². The van der Waals surface area contributed by atoms with Gasteiger partial charge in [-0.2, -0.15) is 0 Å². The Morgan fingerprint density at radius 3 is 2.39 bits per heavy atom. The fourth-order valence-corrected chi connectivity index (χ4v) is 3.68. The van der Waals surface area contributed by atoms with Crippen molar-refractivity contribution in [3.8, 4) is 0 Å². The van der Waals surface area contributed by atoms with Crippen molar-refractivity contribution in [3.63, 3.8) is 0 Å². The molecule has 0 bridgehead atoms. The molecule has 0 atom stereocenters. The molecule has 1 aliphatic heterocycles. The van der Waals surface area contributed by atoms with Crippen LogP contribution in [0.25, 0.3) is 0 Å². The van der Waals surface area contributed by atoms with Gasteiger partial charge < -0.3 is 20.1 Å². The van der Waals surface area contributed by atoms with Gasteiger partial charge in [0.2, 0.25) is 0 Å². The van der Waals surface area contributed by atoms with Crippen molar-refractivity contribution in [1.29, 1.82) is 0 Å². The molecule has 1 saturated heterocycles. The molecule has 0 aromatic heterocycles. The van der Waals surface area contributed by atoms with Crippen molar-refractivity contribution in [2.24, 2.45) is 4.99 Å². The predicted molar refractivity (Wildman–Crippen MR) is 126 cm³/mol. The number of nitrogens with zero attached hydrogens (tertiary/aromatic N) is 2. The average molecular weight is 425 g/mol. The van der Waals surface area contributed by atoms with E-state index in [4.69, 9.17) is 9.47 Å². The minimum absolute atomic E-state index is 0.0391. The molecule has 1 fully saturated rings. The van der Waals surface area contributed by atoms with E-state index in [1.54, 1.807) is 0 Å². The zero-order chi connectivity index (χ0) is 21.9. The van der Waals surface area contributed by atoms with Crippen LogP contribution in [-0.2, 0) is 29.2 Å². The second-order valence-corrected chi connectivity index (χ2v) is 8.49. The van der Waals surface area contributed by atoms with Crippen LogP contribution in [-0.4, -0.2) is 56.3 Å². The molecular formula is C25H36N4O2. The summed E-state index contributed by atoms with van der Waals surface area (Å²) in [5.74, 6) is 0.812. The maximum Gasteiger partial charge on any atom is 0.191 e. The third kappa shape index (κ3) is 7.65. The summed E-state index contributed by atoms with van der Waals surface area (Å²) in [6, 6.07) is 18.7. The van der Waals surface area contributed by atoms with Gasteiger partial charge in [-0.15, -0.1) is 0 Å². The number of hydrogen-bond acceptors (Lipinski definition) is 4. The summed E-state index contributed by atoms with van der Waals surface area (Å²) in [6.07, 6.45) is 0. The fraction of sp³-hybridized carbons (Fsp3) is 0.480. The maximum absolute atomic E-state index is 5.87. The molecular weight excluding hydrogens is 388 g/mol. The van der Waals surface area contributed by atoms with Crippen molar-refractivity contribution in [3.05, 3.63) is 71.3 Å². The van der Waals surface area contributed by atoms with Gasteiger partial charge in [-0.1, -0.05) is 54.6 Å². The predicted octanol–water partition coefficient (Wildman–Crippen LogP) is 3.18. The smallest absolute Gasteiger partial charge is 0.191 e. The topological polar surface area (TPSA) is 58.1 Å². The molecule has 0 saturated carbocycles. The Morgan fingerprint density at radius 2 is 1.65 bits per heavy atom. The van der Waals surface area contributed by atoms with Crippen molar-refractivity contribution >= 4 is 5.96 Å². The summed E-state index contributed by atoms with van der Waals surface area (Å²) >= 11 is 0. The fourth-order valence-electron chi connectivity index (χ4n) is 3.68. The van der Waals surface area contributed by atoms with Crippen molar-refractivity contribution < 1.29 is 9.47 Å². The quantitative estimate of drug-likeness (QED) is 0.478. The third-order valence-electron chi connectivity index (χ3n) is 5.61. The van der Waals surface area contributed by atoms with Crippen LogP contribution in [0.1, 0.15) is 30.5 Å². The molecule has 168 valence electrons. The van der Waals surface area contributed by atoms with Crippen molar-refractivity contribution in [1.82, 2.24) is 15.5 Å². The van der Waals surface area contributed by atoms with Crippen LogP contribution in [0.3, 0.4) is 0 Å². The summed E-state index contributed by atoms with van der Waals surface area (Å²) in [6.45, 7) is 10.8. The minimum Gasteiger partial charge on any atom is -0.379 e. The second kappa shape index (κ2) is 11.8. The Morgan fingerprint density at radius 1 is 0.968 bits per heavy atom. The van der Waals surface area contributed by atoms with Crippen LogP contribution in [0.4, 0.5) is 0 Å². The largest absolute Gasteiger partial charge is 0.379 e. The van der Waals surface area contributed by atoms with E-state index in [9.17, 15) is 0 Å². The Balaban J connectivity index is 1.44. The van der Waals surface area contributed by atoms with Gasteiger partial charge in [0.15, 0.2) is 5.96 Å². The van der Waals surface area contributed by atoms with Crippen LogP contribution in [0.5, 0.6) is 0 Å². The number of benzene rings is 2. The number of ether oxygens (including phenoxy) is 2. The lowest BCUT2D eigenvalue weighted by atomic mass is 10.0. The summed E-state index contributed by atoms with van der Waals surface area (Å²) < 4.78 is 11.3. The molecule has 31 heavy (non-hydrogen) atoms. The molecule has 3 rings (SSSR count). The molecule has 6 nitrogen and oxygen atoms in total. The first-order valence-electron chi connectivity index (χ1n) is 11.0. The Labute approximate surface area is 186 Å². The number of rotatable bonds is 9. The number of aliphatic imine (C=N–C) groups is 1. The van der Waals surface area contributed by atoms with Crippen LogP contribution in [0, 0.1) is 0 Å². The molecule has 2 aromatic carbocycles. The highest BCUT2D eigenvalue weighted by Gasteiger charge is 2.28. The van der Waals surface area contributed by atoms with Crippen LogP contribution < -0.4 is 10.6 Å². The molecule has 0 spiro atoms. The van der Waals surface area contributed by atoms with E-state index in [0.717, 1.165) is 38.8 Å². The first-order valence-corrected chi connectivity index (χ1v) is 11.0.